The van der Waals surface area contributed by atoms with Crippen LogP contribution >= 0.6 is 0 Å². The topological polar surface area (TPSA) is 71.3 Å². The molecule has 2 aromatic rings. The molecule has 1 saturated carbocycles. The van der Waals surface area contributed by atoms with Crippen molar-refractivity contribution in [2.45, 2.75) is 58.0 Å². The molecular weight excluding hydrogens is 316 g/mol. The molecule has 0 bridgehead atoms. The Labute approximate surface area is 148 Å². The minimum Gasteiger partial charge on any atom is -0.481 e. The van der Waals surface area contributed by atoms with Gasteiger partial charge in [-0.15, -0.1) is 0 Å². The van der Waals surface area contributed by atoms with Crippen LogP contribution < -0.4 is 5.32 Å². The first kappa shape index (κ1) is 17.5. The van der Waals surface area contributed by atoms with Crippen LogP contribution in [0.5, 0.6) is 0 Å². The number of amides is 1. The van der Waals surface area contributed by atoms with Gasteiger partial charge in [0.2, 0.25) is 5.91 Å². The highest BCUT2D eigenvalue weighted by atomic mass is 16.4. The fraction of sp³-hybridized carbons (Fsp3) is 0.500. The third kappa shape index (κ3) is 3.86. The van der Waals surface area contributed by atoms with Crippen LogP contribution in [0.2, 0.25) is 0 Å². The summed E-state index contributed by atoms with van der Waals surface area (Å²) in [5, 5.41) is 13.6. The van der Waals surface area contributed by atoms with E-state index in [0.717, 1.165) is 48.7 Å². The van der Waals surface area contributed by atoms with Gasteiger partial charge < -0.3 is 15.0 Å². The van der Waals surface area contributed by atoms with Crippen molar-refractivity contribution in [1.29, 1.82) is 0 Å². The number of benzene rings is 1. The third-order valence-electron chi connectivity index (χ3n) is 5.24. The van der Waals surface area contributed by atoms with Crippen LogP contribution in [0.1, 0.15) is 44.6 Å². The van der Waals surface area contributed by atoms with Crippen molar-refractivity contribution in [3.05, 3.63) is 36.0 Å². The molecule has 0 saturated heterocycles. The number of carboxylic acids is 1. The lowest BCUT2D eigenvalue weighted by Crippen LogP contribution is -2.43. The van der Waals surface area contributed by atoms with Crippen molar-refractivity contribution in [2.24, 2.45) is 5.92 Å². The predicted molar refractivity (Wildman–Crippen MR) is 97.5 cm³/mol. The fourth-order valence-corrected chi connectivity index (χ4v) is 3.93. The normalized spacial score (nSPS) is 21.0. The molecule has 0 spiro atoms. The zero-order valence-corrected chi connectivity index (χ0v) is 14.7. The van der Waals surface area contributed by atoms with Crippen LogP contribution in [0.4, 0.5) is 0 Å². The summed E-state index contributed by atoms with van der Waals surface area (Å²) in [5.41, 5.74) is 2.13. The fourth-order valence-electron chi connectivity index (χ4n) is 3.93. The van der Waals surface area contributed by atoms with Crippen molar-refractivity contribution in [2.75, 3.05) is 0 Å². The van der Waals surface area contributed by atoms with E-state index in [-0.39, 0.29) is 18.4 Å². The van der Waals surface area contributed by atoms with Gasteiger partial charge in [-0.25, -0.2) is 0 Å². The minimum absolute atomic E-state index is 0.0860. The van der Waals surface area contributed by atoms with E-state index in [1.807, 2.05) is 24.4 Å². The Morgan fingerprint density at radius 3 is 2.72 bits per heavy atom. The number of aromatic nitrogens is 1. The van der Waals surface area contributed by atoms with E-state index in [1.54, 1.807) is 0 Å². The monoisotopic (exact) mass is 342 g/mol. The van der Waals surface area contributed by atoms with Gasteiger partial charge in [0.05, 0.1) is 12.3 Å². The van der Waals surface area contributed by atoms with Gasteiger partial charge in [-0.05, 0) is 31.4 Å². The Morgan fingerprint density at radius 2 is 1.96 bits per heavy atom. The molecule has 1 heterocycles. The molecule has 1 amide bonds. The second-order valence-electron chi connectivity index (χ2n) is 6.89. The Kier molecular flexibility index (Phi) is 5.41. The molecule has 2 N–H and O–H groups in total. The molecule has 2 atom stereocenters. The molecular formula is C20H26N2O3. The summed E-state index contributed by atoms with van der Waals surface area (Å²) in [6.07, 6.45) is 6.66. The number of aryl methyl sites for hydroxylation is 1. The van der Waals surface area contributed by atoms with Gasteiger partial charge in [0.15, 0.2) is 0 Å². The molecule has 0 aliphatic heterocycles. The minimum atomic E-state index is -0.796. The van der Waals surface area contributed by atoms with Crippen molar-refractivity contribution >= 4 is 22.8 Å². The lowest BCUT2D eigenvalue weighted by Gasteiger charge is -2.22. The largest absolute Gasteiger partial charge is 0.481 e. The molecule has 1 aromatic heterocycles. The summed E-state index contributed by atoms with van der Waals surface area (Å²) in [6, 6.07) is 7.82. The van der Waals surface area contributed by atoms with Gasteiger partial charge in [0, 0.05) is 29.7 Å². The Balaban J connectivity index is 1.75. The number of rotatable bonds is 5. The number of para-hydroxylation sites is 1. The molecule has 134 valence electrons. The smallest absolute Gasteiger partial charge is 0.308 e. The molecule has 1 aromatic carbocycles. The number of fused-ring (bicyclic) bond motifs is 1. The molecule has 1 fully saturated rings. The van der Waals surface area contributed by atoms with Gasteiger partial charge >= 0.3 is 5.97 Å². The van der Waals surface area contributed by atoms with E-state index in [9.17, 15) is 14.7 Å². The summed E-state index contributed by atoms with van der Waals surface area (Å²) < 4.78 is 2.14. The zero-order chi connectivity index (χ0) is 17.8. The van der Waals surface area contributed by atoms with E-state index in [1.165, 1.54) is 0 Å². The highest BCUT2D eigenvalue weighted by molar-refractivity contribution is 5.89. The standard InChI is InChI=1S/C20H26N2O3/c1-2-22-13-14(15-8-6-7-11-18(15)22)12-19(23)21-17-10-5-3-4-9-16(17)20(24)25/h6-8,11,13,16-17H,2-5,9-10,12H2,1H3,(H,21,23)(H,24,25)/t16-,17+/m1/s1. The summed E-state index contributed by atoms with van der Waals surface area (Å²) in [5.74, 6) is -1.35. The van der Waals surface area contributed by atoms with E-state index in [0.29, 0.717) is 6.42 Å². The van der Waals surface area contributed by atoms with Crippen LogP contribution in [0.15, 0.2) is 30.5 Å². The molecule has 1 aliphatic carbocycles. The molecule has 25 heavy (non-hydrogen) atoms. The number of hydrogen-bond donors (Lipinski definition) is 2. The predicted octanol–water partition coefficient (Wildman–Crippen LogP) is 3.35. The van der Waals surface area contributed by atoms with Crippen LogP contribution in [-0.4, -0.2) is 27.6 Å². The number of carbonyl (C=O) groups excluding carboxylic acids is 1. The number of aliphatic carboxylic acids is 1. The summed E-state index contributed by atoms with van der Waals surface area (Å²) in [7, 11) is 0. The molecule has 1 aliphatic rings. The third-order valence-corrected chi connectivity index (χ3v) is 5.24. The van der Waals surface area contributed by atoms with Crippen molar-refractivity contribution in [3.63, 3.8) is 0 Å². The molecule has 5 nitrogen and oxygen atoms in total. The van der Waals surface area contributed by atoms with Gasteiger partial charge in [-0.1, -0.05) is 37.5 Å². The highest BCUT2D eigenvalue weighted by Crippen LogP contribution is 2.25. The lowest BCUT2D eigenvalue weighted by molar-refractivity contribution is -0.143. The van der Waals surface area contributed by atoms with Crippen molar-refractivity contribution < 1.29 is 14.7 Å². The highest BCUT2D eigenvalue weighted by Gasteiger charge is 2.30. The maximum Gasteiger partial charge on any atom is 0.308 e. The van der Waals surface area contributed by atoms with Crippen LogP contribution in [0.25, 0.3) is 10.9 Å². The number of carboxylic acid groups (broad SMARTS) is 1. The second kappa shape index (κ2) is 7.72. The summed E-state index contributed by atoms with van der Waals surface area (Å²) >= 11 is 0. The number of hydrogen-bond acceptors (Lipinski definition) is 2. The van der Waals surface area contributed by atoms with E-state index < -0.39 is 11.9 Å². The average molecular weight is 342 g/mol. The number of nitrogens with one attached hydrogen (secondary N) is 1. The first-order valence-electron chi connectivity index (χ1n) is 9.19. The van der Waals surface area contributed by atoms with Crippen LogP contribution in [0.3, 0.4) is 0 Å². The van der Waals surface area contributed by atoms with E-state index >= 15 is 0 Å². The molecule has 0 unspecified atom stereocenters. The van der Waals surface area contributed by atoms with E-state index in [4.69, 9.17) is 0 Å². The van der Waals surface area contributed by atoms with E-state index in [2.05, 4.69) is 22.9 Å². The van der Waals surface area contributed by atoms with Crippen molar-refractivity contribution in [1.82, 2.24) is 9.88 Å². The quantitative estimate of drug-likeness (QED) is 0.819. The number of nitrogens with zero attached hydrogens (tertiary/aromatic N) is 1. The van der Waals surface area contributed by atoms with Gasteiger partial charge in [0.1, 0.15) is 0 Å². The van der Waals surface area contributed by atoms with Gasteiger partial charge in [-0.2, -0.15) is 0 Å². The summed E-state index contributed by atoms with van der Waals surface area (Å²) in [6.45, 7) is 2.94. The Bertz CT molecular complexity index is 765. The van der Waals surface area contributed by atoms with Gasteiger partial charge in [0.25, 0.3) is 0 Å². The summed E-state index contributed by atoms with van der Waals surface area (Å²) in [4.78, 5) is 24.1. The lowest BCUT2D eigenvalue weighted by atomic mass is 9.94. The molecule has 0 radical (unpaired) electrons. The number of carbonyl (C=O) groups is 2. The SMILES string of the molecule is CCn1cc(CC(=O)N[C@H]2CCCCC[C@H]2C(=O)O)c2ccccc21. The van der Waals surface area contributed by atoms with Crippen LogP contribution in [-0.2, 0) is 22.6 Å². The zero-order valence-electron chi connectivity index (χ0n) is 14.7. The molecule has 3 rings (SSSR count). The maximum atomic E-state index is 12.6. The first-order valence-corrected chi connectivity index (χ1v) is 9.19. The average Bonchev–Trinajstić information content (AvgIpc) is 2.77. The second-order valence-corrected chi connectivity index (χ2v) is 6.89. The first-order chi connectivity index (χ1) is 12.1. The van der Waals surface area contributed by atoms with Gasteiger partial charge in [-0.3, -0.25) is 9.59 Å². The van der Waals surface area contributed by atoms with Crippen molar-refractivity contribution in [3.8, 4) is 0 Å². The Morgan fingerprint density at radius 1 is 1.20 bits per heavy atom. The van der Waals surface area contributed by atoms with Crippen LogP contribution in [0, 0.1) is 5.92 Å². The molecule has 5 heteroatoms. The maximum absolute atomic E-state index is 12.6. The Hall–Kier alpha value is -2.30.